The van der Waals surface area contributed by atoms with Gasteiger partial charge in [-0.15, -0.1) is 5.10 Å². The number of amides is 1. The molecule has 0 atom stereocenters. The molecule has 1 saturated carbocycles. The van der Waals surface area contributed by atoms with Gasteiger partial charge in [-0.3, -0.25) is 4.79 Å². The van der Waals surface area contributed by atoms with Crippen molar-refractivity contribution < 1.29 is 4.79 Å². The van der Waals surface area contributed by atoms with Crippen molar-refractivity contribution in [1.29, 1.82) is 0 Å². The topological polar surface area (TPSA) is 59.8 Å². The lowest BCUT2D eigenvalue weighted by atomic mass is 10.2. The molecule has 25 heavy (non-hydrogen) atoms. The number of carbonyl (C=O) groups is 1. The van der Waals surface area contributed by atoms with Gasteiger partial charge < -0.3 is 5.32 Å². The highest BCUT2D eigenvalue weighted by Gasteiger charge is 2.23. The number of rotatable bonds is 6. The fraction of sp³-hybridized carbons (Fsp3) is 0.211. The van der Waals surface area contributed by atoms with Gasteiger partial charge in [-0.05, 0) is 25.0 Å². The Labute approximate surface area is 150 Å². The average Bonchev–Trinajstić information content (AvgIpc) is 3.36. The first-order chi connectivity index (χ1) is 12.3. The Morgan fingerprint density at radius 3 is 2.44 bits per heavy atom. The first-order valence-corrected chi connectivity index (χ1v) is 9.28. The van der Waals surface area contributed by atoms with Gasteiger partial charge in [0.2, 0.25) is 11.1 Å². The van der Waals surface area contributed by atoms with E-state index in [9.17, 15) is 4.79 Å². The van der Waals surface area contributed by atoms with Gasteiger partial charge in [0.15, 0.2) is 5.82 Å². The summed E-state index contributed by atoms with van der Waals surface area (Å²) >= 11 is 1.37. The summed E-state index contributed by atoms with van der Waals surface area (Å²) in [6.45, 7) is 0. The molecule has 3 aromatic rings. The van der Waals surface area contributed by atoms with E-state index in [0.717, 1.165) is 29.9 Å². The summed E-state index contributed by atoms with van der Waals surface area (Å²) in [5.74, 6) is 1.16. The normalized spacial score (nSPS) is 13.6. The van der Waals surface area contributed by atoms with Crippen molar-refractivity contribution in [3.63, 3.8) is 0 Å². The Morgan fingerprint density at radius 1 is 1.08 bits per heavy atom. The molecule has 6 heteroatoms. The van der Waals surface area contributed by atoms with Crippen LogP contribution in [0.2, 0.25) is 0 Å². The number of nitrogens with zero attached hydrogens (tertiary/aromatic N) is 3. The summed E-state index contributed by atoms with van der Waals surface area (Å²) in [6, 6.07) is 20.3. The molecule has 1 aliphatic rings. The number of para-hydroxylation sites is 1. The van der Waals surface area contributed by atoms with Gasteiger partial charge in [0.1, 0.15) is 0 Å². The van der Waals surface area contributed by atoms with Crippen LogP contribution in [0.3, 0.4) is 0 Å². The van der Waals surface area contributed by atoms with Gasteiger partial charge in [0, 0.05) is 11.6 Å². The van der Waals surface area contributed by atoms with Crippen LogP contribution in [0.25, 0.3) is 17.1 Å². The van der Waals surface area contributed by atoms with Crippen molar-refractivity contribution in [2.75, 3.05) is 5.75 Å². The van der Waals surface area contributed by atoms with E-state index < -0.39 is 0 Å². The van der Waals surface area contributed by atoms with Gasteiger partial charge in [-0.1, -0.05) is 60.3 Å². The second-order valence-corrected chi connectivity index (χ2v) is 6.90. The molecule has 1 N–H and O–H groups in total. The number of hydrogen-bond acceptors (Lipinski definition) is 4. The van der Waals surface area contributed by atoms with E-state index in [1.54, 1.807) is 0 Å². The molecule has 4 rings (SSSR count). The second-order valence-electron chi connectivity index (χ2n) is 5.96. The van der Waals surface area contributed by atoms with Crippen LogP contribution in [-0.2, 0) is 4.79 Å². The average molecular weight is 350 g/mol. The minimum absolute atomic E-state index is 0.0461. The lowest BCUT2D eigenvalue weighted by Crippen LogP contribution is -2.27. The molecule has 1 aliphatic carbocycles. The summed E-state index contributed by atoms with van der Waals surface area (Å²) in [5.41, 5.74) is 1.94. The molecule has 0 bridgehead atoms. The Morgan fingerprint density at radius 2 is 1.76 bits per heavy atom. The van der Waals surface area contributed by atoms with E-state index in [1.807, 2.05) is 65.3 Å². The van der Waals surface area contributed by atoms with Gasteiger partial charge in [0.25, 0.3) is 0 Å². The molecule has 1 fully saturated rings. The molecule has 1 heterocycles. The van der Waals surface area contributed by atoms with Gasteiger partial charge in [0.05, 0.1) is 11.4 Å². The van der Waals surface area contributed by atoms with Crippen molar-refractivity contribution in [2.45, 2.75) is 24.0 Å². The number of hydrogen-bond donors (Lipinski definition) is 1. The molecular weight excluding hydrogens is 332 g/mol. The van der Waals surface area contributed by atoms with Crippen LogP contribution in [-0.4, -0.2) is 32.5 Å². The highest BCUT2D eigenvalue weighted by Crippen LogP contribution is 2.25. The van der Waals surface area contributed by atoms with E-state index in [1.165, 1.54) is 11.8 Å². The third-order valence-electron chi connectivity index (χ3n) is 3.90. The predicted molar refractivity (Wildman–Crippen MR) is 98.7 cm³/mol. The van der Waals surface area contributed by atoms with Crippen LogP contribution in [0.4, 0.5) is 0 Å². The molecular formula is C19H18N4OS. The lowest BCUT2D eigenvalue weighted by molar-refractivity contribution is -0.118. The van der Waals surface area contributed by atoms with Gasteiger partial charge in [-0.2, -0.15) is 0 Å². The quantitative estimate of drug-likeness (QED) is 0.693. The monoisotopic (exact) mass is 350 g/mol. The Balaban J connectivity index is 1.60. The fourth-order valence-electron chi connectivity index (χ4n) is 2.50. The Kier molecular flexibility index (Phi) is 4.52. The van der Waals surface area contributed by atoms with Gasteiger partial charge >= 0.3 is 0 Å². The minimum atomic E-state index is 0.0461. The molecule has 5 nitrogen and oxygen atoms in total. The van der Waals surface area contributed by atoms with Crippen molar-refractivity contribution in [3.8, 4) is 17.1 Å². The molecule has 0 radical (unpaired) electrons. The van der Waals surface area contributed by atoms with Crippen molar-refractivity contribution >= 4 is 17.7 Å². The molecule has 1 aromatic heterocycles. The summed E-state index contributed by atoms with van der Waals surface area (Å²) < 4.78 is 1.83. The Hall–Kier alpha value is -2.60. The van der Waals surface area contributed by atoms with E-state index >= 15 is 0 Å². The number of aromatic nitrogens is 3. The lowest BCUT2D eigenvalue weighted by Gasteiger charge is -2.05. The van der Waals surface area contributed by atoms with E-state index in [-0.39, 0.29) is 5.91 Å². The van der Waals surface area contributed by atoms with E-state index in [4.69, 9.17) is 0 Å². The smallest absolute Gasteiger partial charge is 0.230 e. The summed E-state index contributed by atoms with van der Waals surface area (Å²) in [6.07, 6.45) is 2.19. The summed E-state index contributed by atoms with van der Waals surface area (Å²) in [7, 11) is 0. The standard InChI is InChI=1S/C19H18N4OS/c24-17(20-15-11-12-15)13-25-19-21-18(14-7-3-1-4-8-14)23(22-19)16-9-5-2-6-10-16/h1-10,15H,11-13H2,(H,20,24). The van der Waals surface area contributed by atoms with Crippen LogP contribution < -0.4 is 5.32 Å². The zero-order valence-electron chi connectivity index (χ0n) is 13.6. The first kappa shape index (κ1) is 15.9. The zero-order valence-corrected chi connectivity index (χ0v) is 14.4. The van der Waals surface area contributed by atoms with Crippen molar-refractivity contribution in [1.82, 2.24) is 20.1 Å². The third kappa shape index (κ3) is 3.91. The van der Waals surface area contributed by atoms with E-state index in [0.29, 0.717) is 17.0 Å². The molecule has 2 aromatic carbocycles. The van der Waals surface area contributed by atoms with Crippen molar-refractivity contribution in [3.05, 3.63) is 60.7 Å². The number of nitrogens with one attached hydrogen (secondary N) is 1. The second kappa shape index (κ2) is 7.11. The molecule has 126 valence electrons. The minimum Gasteiger partial charge on any atom is -0.353 e. The van der Waals surface area contributed by atoms with Crippen molar-refractivity contribution in [2.24, 2.45) is 0 Å². The number of benzene rings is 2. The predicted octanol–water partition coefficient (Wildman–Crippen LogP) is 3.31. The molecule has 0 spiro atoms. The zero-order chi connectivity index (χ0) is 17.1. The highest BCUT2D eigenvalue weighted by molar-refractivity contribution is 7.99. The number of carbonyl (C=O) groups excluding carboxylic acids is 1. The molecule has 0 aliphatic heterocycles. The van der Waals surface area contributed by atoms with Crippen LogP contribution in [0.1, 0.15) is 12.8 Å². The maximum absolute atomic E-state index is 11.9. The van der Waals surface area contributed by atoms with E-state index in [2.05, 4.69) is 15.4 Å². The van der Waals surface area contributed by atoms with Crippen LogP contribution in [0.5, 0.6) is 0 Å². The fourth-order valence-corrected chi connectivity index (χ4v) is 3.14. The van der Waals surface area contributed by atoms with Gasteiger partial charge in [-0.25, -0.2) is 9.67 Å². The highest BCUT2D eigenvalue weighted by atomic mass is 32.2. The van der Waals surface area contributed by atoms with Crippen LogP contribution in [0, 0.1) is 0 Å². The maximum Gasteiger partial charge on any atom is 0.230 e. The SMILES string of the molecule is O=C(CSc1nc(-c2ccccc2)n(-c2ccccc2)n1)NC1CC1. The summed E-state index contributed by atoms with van der Waals surface area (Å²) in [5, 5.41) is 8.20. The molecule has 0 saturated heterocycles. The van der Waals surface area contributed by atoms with Crippen LogP contribution in [0.15, 0.2) is 65.8 Å². The molecule has 0 unspecified atom stereocenters. The summed E-state index contributed by atoms with van der Waals surface area (Å²) in [4.78, 5) is 16.6. The number of thioether (sulfide) groups is 1. The largest absolute Gasteiger partial charge is 0.353 e. The first-order valence-electron chi connectivity index (χ1n) is 8.30. The molecule has 1 amide bonds. The third-order valence-corrected chi connectivity index (χ3v) is 4.73. The maximum atomic E-state index is 11.9. The van der Waals surface area contributed by atoms with Crippen LogP contribution >= 0.6 is 11.8 Å². The Bertz CT molecular complexity index is 803.